The van der Waals surface area contributed by atoms with Crippen LogP contribution in [0.2, 0.25) is 0 Å². The van der Waals surface area contributed by atoms with E-state index < -0.39 is 15.6 Å². The van der Waals surface area contributed by atoms with Gasteiger partial charge < -0.3 is 19.5 Å². The Labute approximate surface area is 347 Å². The summed E-state index contributed by atoms with van der Waals surface area (Å²) >= 11 is 1.89. The van der Waals surface area contributed by atoms with Gasteiger partial charge >= 0.3 is 5.97 Å². The summed E-state index contributed by atoms with van der Waals surface area (Å²) in [7, 11) is -2.16. The van der Waals surface area contributed by atoms with Crippen molar-refractivity contribution in [3.05, 3.63) is 75.0 Å². The van der Waals surface area contributed by atoms with Crippen LogP contribution < -0.4 is 10.1 Å². The summed E-state index contributed by atoms with van der Waals surface area (Å²) in [4.78, 5) is 16.8. The molecule has 3 aliphatic rings. The van der Waals surface area contributed by atoms with E-state index >= 15 is 0 Å². The van der Waals surface area contributed by atoms with Crippen molar-refractivity contribution in [1.29, 1.82) is 0 Å². The first-order valence-corrected chi connectivity index (χ1v) is 23.5. The Hall–Kier alpha value is -2.92. The highest BCUT2D eigenvalue weighted by Gasteiger charge is 2.43. The van der Waals surface area contributed by atoms with Gasteiger partial charge in [0.05, 0.1) is 29.3 Å². The number of esters is 1. The van der Waals surface area contributed by atoms with Crippen molar-refractivity contribution < 1.29 is 27.4 Å². The van der Waals surface area contributed by atoms with E-state index in [1.165, 1.54) is 33.7 Å². The number of anilines is 1. The predicted octanol–water partition coefficient (Wildman–Crippen LogP) is 10.7. The van der Waals surface area contributed by atoms with E-state index in [2.05, 4.69) is 57.3 Å². The lowest BCUT2D eigenvalue weighted by Crippen LogP contribution is -2.42. The molecule has 1 aromatic heterocycles. The fourth-order valence-electron chi connectivity index (χ4n) is 9.35. The zero-order valence-electron chi connectivity index (χ0n) is 36.2. The quantitative estimate of drug-likeness (QED) is 0.162. The van der Waals surface area contributed by atoms with Crippen molar-refractivity contribution in [2.75, 3.05) is 32.1 Å². The van der Waals surface area contributed by atoms with Crippen molar-refractivity contribution in [2.45, 2.75) is 148 Å². The zero-order chi connectivity index (χ0) is 41.3. The summed E-state index contributed by atoms with van der Waals surface area (Å²) in [6.45, 7) is 20.4. The SMILES string of the molecule is COc1ccc(S(=O)(=O)N(CC(C)C)C[C@H]2OC(C)(C)C[C@H]2Cc2ccc(NCC3CCCCC3c3sc4c(c3C(=O)OC(C)(C)C)CC(C)(C)CC4)cc2)cc1. The van der Waals surface area contributed by atoms with Gasteiger partial charge in [-0.15, -0.1) is 11.3 Å². The van der Waals surface area contributed by atoms with E-state index in [0.29, 0.717) is 30.7 Å². The molecule has 10 heteroatoms. The third kappa shape index (κ3) is 10.8. The highest BCUT2D eigenvalue weighted by Crippen LogP contribution is 2.49. The minimum atomic E-state index is -3.74. The summed E-state index contributed by atoms with van der Waals surface area (Å²) in [5, 5.41) is 3.78. The molecule has 8 nitrogen and oxygen atoms in total. The molecule has 4 atom stereocenters. The van der Waals surface area contributed by atoms with Crippen LogP contribution in [0.15, 0.2) is 53.4 Å². The van der Waals surface area contributed by atoms with Gasteiger partial charge in [0.25, 0.3) is 0 Å². The largest absolute Gasteiger partial charge is 0.497 e. The number of thiophene rings is 1. The topological polar surface area (TPSA) is 94.2 Å². The molecule has 6 rings (SSSR count). The second-order valence-corrected chi connectivity index (χ2v) is 22.9. The second-order valence-electron chi connectivity index (χ2n) is 19.8. The van der Waals surface area contributed by atoms with Gasteiger partial charge in [0.15, 0.2) is 0 Å². The minimum absolute atomic E-state index is 0.148. The van der Waals surface area contributed by atoms with Crippen LogP contribution in [0.25, 0.3) is 0 Å². The lowest BCUT2D eigenvalue weighted by Gasteiger charge is -2.33. The van der Waals surface area contributed by atoms with Gasteiger partial charge in [0.2, 0.25) is 10.0 Å². The number of rotatable bonds is 14. The summed E-state index contributed by atoms with van der Waals surface area (Å²) < 4.78 is 47.5. The molecule has 314 valence electrons. The first-order chi connectivity index (χ1) is 26.7. The van der Waals surface area contributed by atoms with Gasteiger partial charge in [-0.05, 0) is 156 Å². The van der Waals surface area contributed by atoms with Crippen molar-refractivity contribution in [1.82, 2.24) is 4.31 Å². The Morgan fingerprint density at radius 1 is 1.00 bits per heavy atom. The van der Waals surface area contributed by atoms with Crippen molar-refractivity contribution in [3.8, 4) is 5.75 Å². The molecule has 0 spiro atoms. The maximum Gasteiger partial charge on any atom is 0.340 e. The van der Waals surface area contributed by atoms with Crippen LogP contribution in [0, 0.1) is 23.2 Å². The molecule has 0 bridgehead atoms. The number of nitrogens with one attached hydrogen (secondary N) is 1. The number of nitrogens with zero attached hydrogens (tertiary/aromatic N) is 1. The number of ether oxygens (including phenoxy) is 3. The van der Waals surface area contributed by atoms with Crippen LogP contribution in [0.3, 0.4) is 0 Å². The van der Waals surface area contributed by atoms with Gasteiger partial charge in [0.1, 0.15) is 11.4 Å². The molecule has 1 aliphatic heterocycles. The maximum absolute atomic E-state index is 14.0. The zero-order valence-corrected chi connectivity index (χ0v) is 37.8. The Morgan fingerprint density at radius 3 is 2.33 bits per heavy atom. The monoisotopic (exact) mass is 820 g/mol. The number of sulfonamides is 1. The average molecular weight is 821 g/mol. The normalized spacial score (nSPS) is 23.4. The summed E-state index contributed by atoms with van der Waals surface area (Å²) in [5.74, 6) is 1.56. The number of hydrogen-bond donors (Lipinski definition) is 1. The summed E-state index contributed by atoms with van der Waals surface area (Å²) in [5.41, 5.74) is 3.73. The number of carbonyl (C=O) groups excluding carboxylic acids is 1. The molecular formula is C47H68N2O6S2. The van der Waals surface area contributed by atoms with Gasteiger partial charge in [0, 0.05) is 35.1 Å². The fraction of sp³-hybridized carbons (Fsp3) is 0.638. The third-order valence-electron chi connectivity index (χ3n) is 12.1. The molecule has 2 unspecified atom stereocenters. The van der Waals surface area contributed by atoms with Crippen LogP contribution >= 0.6 is 11.3 Å². The molecule has 1 saturated carbocycles. The first-order valence-electron chi connectivity index (χ1n) is 21.3. The number of hydrogen-bond acceptors (Lipinski definition) is 8. The Balaban J connectivity index is 1.14. The van der Waals surface area contributed by atoms with Crippen molar-refractivity contribution >= 4 is 33.0 Å². The second kappa shape index (κ2) is 17.4. The number of benzene rings is 2. The van der Waals surface area contributed by atoms with E-state index in [1.807, 2.05) is 46.0 Å². The molecule has 1 N–H and O–H groups in total. The van der Waals surface area contributed by atoms with Crippen LogP contribution in [0.1, 0.15) is 138 Å². The van der Waals surface area contributed by atoms with E-state index in [9.17, 15) is 13.2 Å². The maximum atomic E-state index is 14.0. The molecule has 1 saturated heterocycles. The van der Waals surface area contributed by atoms with Crippen molar-refractivity contribution in [2.24, 2.45) is 23.2 Å². The molecule has 3 aromatic rings. The molecule has 57 heavy (non-hydrogen) atoms. The van der Waals surface area contributed by atoms with Crippen LogP contribution in [-0.2, 0) is 38.8 Å². The molecule has 2 aliphatic carbocycles. The van der Waals surface area contributed by atoms with Gasteiger partial charge in [-0.2, -0.15) is 4.31 Å². The Kier molecular flexibility index (Phi) is 13.3. The third-order valence-corrected chi connectivity index (χ3v) is 15.3. The molecule has 2 fully saturated rings. The standard InChI is InChI=1S/C47H68N2O6S2/c1-31(2)29-49(57(51,52)37-21-19-36(53-10)20-22-37)30-40-34(26-47(8,9)54-40)25-32-15-17-35(18-16-32)48-28-33-13-11-12-14-38(33)43-42(44(50)55-45(3,4)5)39-27-46(6,7)24-23-41(39)56-43/h15-22,31,33-34,38,40,48H,11-14,23-30H2,1-10H3/t33?,34-,38?,40-/m1/s1. The Bertz CT molecular complexity index is 1940. The van der Waals surface area contributed by atoms with Gasteiger partial charge in [-0.3, -0.25) is 0 Å². The van der Waals surface area contributed by atoms with Crippen molar-refractivity contribution in [3.63, 3.8) is 0 Å². The summed E-state index contributed by atoms with van der Waals surface area (Å²) in [6, 6.07) is 15.4. The number of fused-ring (bicyclic) bond motifs is 1. The number of methoxy groups -OCH3 is 1. The minimum Gasteiger partial charge on any atom is -0.497 e. The van der Waals surface area contributed by atoms with E-state index in [4.69, 9.17) is 14.2 Å². The molecule has 2 heterocycles. The van der Waals surface area contributed by atoms with Crippen LogP contribution in [-0.4, -0.2) is 62.7 Å². The fourth-order valence-corrected chi connectivity index (χ4v) is 12.5. The first kappa shape index (κ1) is 43.7. The van der Waals surface area contributed by atoms with Gasteiger partial charge in [-0.1, -0.05) is 52.7 Å². The van der Waals surface area contributed by atoms with Gasteiger partial charge in [-0.25, -0.2) is 13.2 Å². The molecular weight excluding hydrogens is 753 g/mol. The predicted molar refractivity (Wildman–Crippen MR) is 232 cm³/mol. The highest BCUT2D eigenvalue weighted by molar-refractivity contribution is 7.89. The number of aryl methyl sites for hydroxylation is 1. The van der Waals surface area contributed by atoms with E-state index in [1.54, 1.807) is 35.7 Å². The summed E-state index contributed by atoms with van der Waals surface area (Å²) in [6.07, 6.45) is 9.18. The van der Waals surface area contributed by atoms with E-state index in [0.717, 1.165) is 62.7 Å². The smallest absolute Gasteiger partial charge is 0.340 e. The lowest BCUT2D eigenvalue weighted by molar-refractivity contribution is -0.0277. The highest BCUT2D eigenvalue weighted by atomic mass is 32.2. The lowest BCUT2D eigenvalue weighted by atomic mass is 9.73. The van der Waals surface area contributed by atoms with Crippen LogP contribution in [0.5, 0.6) is 5.75 Å². The molecule has 0 radical (unpaired) electrons. The van der Waals surface area contributed by atoms with Crippen LogP contribution in [0.4, 0.5) is 5.69 Å². The number of carbonyl (C=O) groups is 1. The molecule has 0 amide bonds. The Morgan fingerprint density at radius 2 is 1.68 bits per heavy atom. The molecule has 2 aromatic carbocycles. The average Bonchev–Trinajstić information content (AvgIpc) is 3.64. The van der Waals surface area contributed by atoms with E-state index in [-0.39, 0.29) is 39.8 Å².